The Morgan fingerprint density at radius 2 is 1.81 bits per heavy atom. The van der Waals surface area contributed by atoms with E-state index in [1.54, 1.807) is 6.26 Å². The van der Waals surface area contributed by atoms with E-state index in [9.17, 15) is 4.79 Å². The highest BCUT2D eigenvalue weighted by Gasteiger charge is 2.30. The average Bonchev–Trinajstić information content (AvgIpc) is 3.23. The van der Waals surface area contributed by atoms with Crippen LogP contribution in [0.4, 0.5) is 5.82 Å². The molecule has 0 aliphatic carbocycles. The molecule has 0 spiro atoms. The van der Waals surface area contributed by atoms with Gasteiger partial charge in [0.1, 0.15) is 5.69 Å². The molecule has 0 aromatic carbocycles. The van der Waals surface area contributed by atoms with Gasteiger partial charge in [0.25, 0.3) is 0 Å². The van der Waals surface area contributed by atoms with E-state index in [2.05, 4.69) is 27.0 Å². The minimum atomic E-state index is 0.144. The van der Waals surface area contributed by atoms with Crippen LogP contribution in [0.25, 0.3) is 11.5 Å². The quantitative estimate of drug-likeness (QED) is 0.835. The third-order valence-electron chi connectivity index (χ3n) is 5.41. The van der Waals surface area contributed by atoms with Crippen molar-refractivity contribution in [2.75, 3.05) is 51.2 Å². The van der Waals surface area contributed by atoms with Gasteiger partial charge in [-0.05, 0) is 44.2 Å². The molecule has 0 radical (unpaired) electrons. The summed E-state index contributed by atoms with van der Waals surface area (Å²) in [7, 11) is 2.11. The van der Waals surface area contributed by atoms with Gasteiger partial charge in [0.15, 0.2) is 11.6 Å². The van der Waals surface area contributed by atoms with Gasteiger partial charge in [0.05, 0.1) is 6.26 Å². The van der Waals surface area contributed by atoms with Crippen LogP contribution in [0.2, 0.25) is 0 Å². The standard InChI is InChI=1S/C19H25N5O2/c1-22-10-12-24(13-11-22)19(25)15-6-8-23(9-7-15)18-5-4-16(20-21-18)17-3-2-14-26-17/h2-5,14-15H,6-13H2,1H3. The van der Waals surface area contributed by atoms with Crippen LogP contribution in [0.5, 0.6) is 0 Å². The number of hydrogen-bond acceptors (Lipinski definition) is 6. The van der Waals surface area contributed by atoms with Crippen LogP contribution in [-0.2, 0) is 4.79 Å². The summed E-state index contributed by atoms with van der Waals surface area (Å²) in [6, 6.07) is 7.63. The number of piperidine rings is 1. The third kappa shape index (κ3) is 3.58. The summed E-state index contributed by atoms with van der Waals surface area (Å²) >= 11 is 0. The summed E-state index contributed by atoms with van der Waals surface area (Å²) < 4.78 is 5.35. The Kier molecular flexibility index (Phi) is 4.88. The summed E-state index contributed by atoms with van der Waals surface area (Å²) in [5.41, 5.74) is 0.735. The maximum Gasteiger partial charge on any atom is 0.225 e. The number of carbonyl (C=O) groups is 1. The lowest BCUT2D eigenvalue weighted by molar-refractivity contribution is -0.137. The van der Waals surface area contributed by atoms with Crippen LogP contribution < -0.4 is 4.90 Å². The van der Waals surface area contributed by atoms with E-state index in [0.717, 1.165) is 69.4 Å². The summed E-state index contributed by atoms with van der Waals surface area (Å²) in [5, 5.41) is 8.61. The minimum Gasteiger partial charge on any atom is -0.463 e. The van der Waals surface area contributed by atoms with Gasteiger partial charge < -0.3 is 19.1 Å². The molecule has 2 aromatic heterocycles. The number of rotatable bonds is 3. The molecule has 0 N–H and O–H groups in total. The molecule has 2 aliphatic heterocycles. The van der Waals surface area contributed by atoms with Crippen molar-refractivity contribution >= 4 is 11.7 Å². The molecule has 26 heavy (non-hydrogen) atoms. The zero-order valence-electron chi connectivity index (χ0n) is 15.2. The second-order valence-electron chi connectivity index (χ2n) is 7.14. The van der Waals surface area contributed by atoms with E-state index < -0.39 is 0 Å². The smallest absolute Gasteiger partial charge is 0.225 e. The number of amides is 1. The van der Waals surface area contributed by atoms with Gasteiger partial charge in [-0.3, -0.25) is 4.79 Å². The van der Waals surface area contributed by atoms with Crippen LogP contribution in [0.3, 0.4) is 0 Å². The molecule has 2 fully saturated rings. The number of furan rings is 1. The van der Waals surface area contributed by atoms with Crippen molar-refractivity contribution in [1.29, 1.82) is 0 Å². The molecular formula is C19H25N5O2. The Morgan fingerprint density at radius 1 is 1.04 bits per heavy atom. The number of carbonyl (C=O) groups excluding carboxylic acids is 1. The molecule has 0 unspecified atom stereocenters. The Balaban J connectivity index is 1.32. The molecule has 4 heterocycles. The van der Waals surface area contributed by atoms with Crippen molar-refractivity contribution in [3.8, 4) is 11.5 Å². The van der Waals surface area contributed by atoms with Gasteiger partial charge >= 0.3 is 0 Å². The fourth-order valence-electron chi connectivity index (χ4n) is 3.69. The Bertz CT molecular complexity index is 715. The van der Waals surface area contributed by atoms with Crippen LogP contribution in [0.15, 0.2) is 34.9 Å². The van der Waals surface area contributed by atoms with Gasteiger partial charge in [0, 0.05) is 45.2 Å². The van der Waals surface area contributed by atoms with Crippen LogP contribution in [0, 0.1) is 5.92 Å². The normalized spacial score (nSPS) is 19.7. The molecule has 4 rings (SSSR count). The van der Waals surface area contributed by atoms with E-state index in [1.165, 1.54) is 0 Å². The van der Waals surface area contributed by atoms with Crippen molar-refractivity contribution in [3.05, 3.63) is 30.5 Å². The number of anilines is 1. The van der Waals surface area contributed by atoms with E-state index >= 15 is 0 Å². The van der Waals surface area contributed by atoms with Gasteiger partial charge in [-0.2, -0.15) is 0 Å². The molecule has 0 bridgehead atoms. The molecule has 2 aliphatic rings. The van der Waals surface area contributed by atoms with Crippen molar-refractivity contribution in [1.82, 2.24) is 20.0 Å². The van der Waals surface area contributed by atoms with Crippen LogP contribution in [0.1, 0.15) is 12.8 Å². The molecule has 2 saturated heterocycles. The maximum atomic E-state index is 12.7. The first-order chi connectivity index (χ1) is 12.7. The molecule has 138 valence electrons. The van der Waals surface area contributed by atoms with Crippen molar-refractivity contribution in [2.45, 2.75) is 12.8 Å². The number of aromatic nitrogens is 2. The molecule has 1 amide bonds. The Hall–Kier alpha value is -2.41. The minimum absolute atomic E-state index is 0.144. The fraction of sp³-hybridized carbons (Fsp3) is 0.526. The summed E-state index contributed by atoms with van der Waals surface area (Å²) in [4.78, 5) is 19.3. The Labute approximate surface area is 153 Å². The third-order valence-corrected chi connectivity index (χ3v) is 5.41. The molecule has 7 nitrogen and oxygen atoms in total. The number of piperazine rings is 1. The first-order valence-electron chi connectivity index (χ1n) is 9.30. The lowest BCUT2D eigenvalue weighted by Gasteiger charge is -2.37. The second-order valence-corrected chi connectivity index (χ2v) is 7.14. The number of nitrogens with zero attached hydrogens (tertiary/aromatic N) is 5. The second kappa shape index (κ2) is 7.45. The maximum absolute atomic E-state index is 12.7. The highest BCUT2D eigenvalue weighted by Crippen LogP contribution is 2.25. The monoisotopic (exact) mass is 355 g/mol. The van der Waals surface area contributed by atoms with Crippen molar-refractivity contribution in [2.24, 2.45) is 5.92 Å². The lowest BCUT2D eigenvalue weighted by Crippen LogP contribution is -2.50. The first kappa shape index (κ1) is 17.0. The zero-order valence-corrected chi connectivity index (χ0v) is 15.2. The van der Waals surface area contributed by atoms with Crippen LogP contribution >= 0.6 is 0 Å². The predicted octanol–water partition coefficient (Wildman–Crippen LogP) is 1.73. The predicted molar refractivity (Wildman–Crippen MR) is 98.7 cm³/mol. The largest absolute Gasteiger partial charge is 0.463 e. The molecule has 0 atom stereocenters. The first-order valence-corrected chi connectivity index (χ1v) is 9.30. The SMILES string of the molecule is CN1CCN(C(=O)C2CCN(c3ccc(-c4ccco4)nn3)CC2)CC1. The van der Waals surface area contributed by atoms with Gasteiger partial charge in [0.2, 0.25) is 5.91 Å². The summed E-state index contributed by atoms with van der Waals surface area (Å²) in [6.07, 6.45) is 3.40. The fourth-order valence-corrected chi connectivity index (χ4v) is 3.69. The van der Waals surface area contributed by atoms with Crippen molar-refractivity contribution in [3.63, 3.8) is 0 Å². The lowest BCUT2D eigenvalue weighted by atomic mass is 9.95. The van der Waals surface area contributed by atoms with Gasteiger partial charge in [-0.25, -0.2) is 0 Å². The van der Waals surface area contributed by atoms with E-state index in [4.69, 9.17) is 4.42 Å². The van der Waals surface area contributed by atoms with E-state index in [1.807, 2.05) is 29.2 Å². The number of likely N-dealkylation sites (N-methyl/N-ethyl adjacent to an activating group) is 1. The molecular weight excluding hydrogens is 330 g/mol. The summed E-state index contributed by atoms with van der Waals surface area (Å²) in [6.45, 7) is 5.35. The molecule has 7 heteroatoms. The highest BCUT2D eigenvalue weighted by atomic mass is 16.3. The van der Waals surface area contributed by atoms with Gasteiger partial charge in [-0.15, -0.1) is 10.2 Å². The summed E-state index contributed by atoms with van der Waals surface area (Å²) in [5.74, 6) is 2.06. The topological polar surface area (TPSA) is 65.7 Å². The molecule has 2 aromatic rings. The average molecular weight is 355 g/mol. The zero-order chi connectivity index (χ0) is 17.9. The Morgan fingerprint density at radius 3 is 2.42 bits per heavy atom. The van der Waals surface area contributed by atoms with Crippen LogP contribution in [-0.4, -0.2) is 72.2 Å². The van der Waals surface area contributed by atoms with E-state index in [-0.39, 0.29) is 5.92 Å². The highest BCUT2D eigenvalue weighted by molar-refractivity contribution is 5.79. The van der Waals surface area contributed by atoms with Gasteiger partial charge in [-0.1, -0.05) is 0 Å². The van der Waals surface area contributed by atoms with E-state index in [0.29, 0.717) is 5.91 Å². The van der Waals surface area contributed by atoms with Crippen molar-refractivity contribution < 1.29 is 9.21 Å². The number of hydrogen-bond donors (Lipinski definition) is 0. The molecule has 0 saturated carbocycles.